The molecule has 1 aliphatic rings. The largest absolute Gasteiger partial charge is 0.483 e. The third-order valence-electron chi connectivity index (χ3n) is 3.41. The molecule has 0 bridgehead atoms. The lowest BCUT2D eigenvalue weighted by Crippen LogP contribution is -2.15. The van der Waals surface area contributed by atoms with E-state index < -0.39 is 0 Å². The summed E-state index contributed by atoms with van der Waals surface area (Å²) in [6.07, 6.45) is 1.48. The van der Waals surface area contributed by atoms with Crippen molar-refractivity contribution in [2.24, 2.45) is 0 Å². The number of rotatable bonds is 1. The van der Waals surface area contributed by atoms with Crippen LogP contribution >= 0.6 is 11.3 Å². The van der Waals surface area contributed by atoms with Crippen molar-refractivity contribution in [1.29, 1.82) is 0 Å². The van der Waals surface area contributed by atoms with Gasteiger partial charge in [-0.25, -0.2) is 4.39 Å². The molecule has 20 heavy (non-hydrogen) atoms. The maximum Gasteiger partial charge on any atom is 0.234 e. The number of aryl methyl sites for hydroxylation is 2. The minimum atomic E-state index is -0.222. The van der Waals surface area contributed by atoms with Gasteiger partial charge in [0, 0.05) is 0 Å². The number of hydrogen-bond acceptors (Lipinski definition) is 5. The standard InChI is InChI=1S/C13H11FN4OS/c1-7-15-16-13-18(7)17-12(20-13)11-4-2-8-6-9(14)3-5-10(8)19-11/h3,5-6,11H,2,4H2,1H3. The summed E-state index contributed by atoms with van der Waals surface area (Å²) < 4.78 is 20.8. The third-order valence-corrected chi connectivity index (χ3v) is 4.40. The van der Waals surface area contributed by atoms with E-state index in [1.807, 2.05) is 6.92 Å². The Morgan fingerprint density at radius 1 is 1.40 bits per heavy atom. The molecule has 5 nitrogen and oxygen atoms in total. The van der Waals surface area contributed by atoms with E-state index in [4.69, 9.17) is 4.74 Å². The lowest BCUT2D eigenvalue weighted by Gasteiger charge is -2.24. The van der Waals surface area contributed by atoms with Crippen LogP contribution in [0.15, 0.2) is 18.2 Å². The van der Waals surface area contributed by atoms with Gasteiger partial charge in [0.15, 0.2) is 16.9 Å². The molecule has 0 aliphatic carbocycles. The number of ether oxygens (including phenoxy) is 1. The van der Waals surface area contributed by atoms with Gasteiger partial charge in [0.2, 0.25) is 4.96 Å². The minimum absolute atomic E-state index is 0.0981. The molecule has 0 spiro atoms. The van der Waals surface area contributed by atoms with E-state index in [2.05, 4.69) is 15.3 Å². The van der Waals surface area contributed by atoms with Crippen molar-refractivity contribution in [2.75, 3.05) is 0 Å². The highest BCUT2D eigenvalue weighted by Crippen LogP contribution is 2.36. The van der Waals surface area contributed by atoms with Crippen LogP contribution in [0.1, 0.15) is 28.9 Å². The second-order valence-electron chi connectivity index (χ2n) is 4.78. The van der Waals surface area contributed by atoms with E-state index in [0.717, 1.165) is 39.9 Å². The number of nitrogens with zero attached hydrogens (tertiary/aromatic N) is 4. The molecule has 0 amide bonds. The summed E-state index contributed by atoms with van der Waals surface area (Å²) in [5.74, 6) is 1.28. The van der Waals surface area contributed by atoms with Gasteiger partial charge in [0.05, 0.1) is 0 Å². The van der Waals surface area contributed by atoms with Crippen LogP contribution in [0.2, 0.25) is 0 Å². The van der Waals surface area contributed by atoms with Gasteiger partial charge in [0.1, 0.15) is 11.6 Å². The molecule has 2 aromatic heterocycles. The predicted octanol–water partition coefficient (Wildman–Crippen LogP) is 2.70. The summed E-state index contributed by atoms with van der Waals surface area (Å²) in [5, 5.41) is 13.4. The topological polar surface area (TPSA) is 52.3 Å². The Morgan fingerprint density at radius 3 is 3.15 bits per heavy atom. The van der Waals surface area contributed by atoms with Crippen molar-refractivity contribution in [2.45, 2.75) is 25.9 Å². The quantitative estimate of drug-likeness (QED) is 0.691. The van der Waals surface area contributed by atoms with Gasteiger partial charge in [-0.2, -0.15) is 9.61 Å². The lowest BCUT2D eigenvalue weighted by atomic mass is 10.0. The second kappa shape index (κ2) is 4.24. The van der Waals surface area contributed by atoms with Gasteiger partial charge in [0.25, 0.3) is 0 Å². The molecule has 1 atom stereocenters. The molecular formula is C13H11FN4OS. The number of halogens is 1. The molecule has 0 saturated heterocycles. The first-order chi connectivity index (χ1) is 9.70. The average molecular weight is 290 g/mol. The second-order valence-corrected chi connectivity index (χ2v) is 5.77. The minimum Gasteiger partial charge on any atom is -0.483 e. The third kappa shape index (κ3) is 1.77. The first kappa shape index (κ1) is 11.8. The van der Waals surface area contributed by atoms with E-state index in [1.165, 1.54) is 23.5 Å². The lowest BCUT2D eigenvalue weighted by molar-refractivity contribution is 0.174. The van der Waals surface area contributed by atoms with E-state index in [9.17, 15) is 4.39 Å². The normalized spacial score (nSPS) is 18.0. The van der Waals surface area contributed by atoms with Crippen LogP contribution in [0, 0.1) is 12.7 Å². The Labute approximate surface area is 118 Å². The first-order valence-electron chi connectivity index (χ1n) is 6.34. The summed E-state index contributed by atoms with van der Waals surface area (Å²) >= 11 is 1.48. The molecular weight excluding hydrogens is 279 g/mol. The van der Waals surface area contributed by atoms with Gasteiger partial charge in [-0.15, -0.1) is 10.2 Å². The van der Waals surface area contributed by atoms with Crippen LogP contribution in [-0.2, 0) is 6.42 Å². The molecule has 0 saturated carbocycles. The summed E-state index contributed by atoms with van der Waals surface area (Å²) in [7, 11) is 0. The molecule has 1 unspecified atom stereocenters. The molecule has 102 valence electrons. The Bertz CT molecular complexity index is 797. The van der Waals surface area contributed by atoms with Crippen LogP contribution in [-0.4, -0.2) is 19.8 Å². The highest BCUT2D eigenvalue weighted by atomic mass is 32.1. The predicted molar refractivity (Wildman–Crippen MR) is 71.5 cm³/mol. The van der Waals surface area contributed by atoms with Gasteiger partial charge < -0.3 is 4.74 Å². The maximum atomic E-state index is 13.2. The molecule has 7 heteroatoms. The van der Waals surface area contributed by atoms with Crippen LogP contribution in [0.5, 0.6) is 5.75 Å². The summed E-state index contributed by atoms with van der Waals surface area (Å²) in [6, 6.07) is 4.64. The van der Waals surface area contributed by atoms with Crippen molar-refractivity contribution < 1.29 is 9.13 Å². The average Bonchev–Trinajstić information content (AvgIpc) is 3.01. The monoisotopic (exact) mass is 290 g/mol. The number of benzene rings is 1. The highest BCUT2D eigenvalue weighted by Gasteiger charge is 2.25. The Kier molecular flexibility index (Phi) is 2.50. The van der Waals surface area contributed by atoms with E-state index in [1.54, 1.807) is 10.6 Å². The van der Waals surface area contributed by atoms with Crippen molar-refractivity contribution in [1.82, 2.24) is 19.8 Å². The van der Waals surface area contributed by atoms with Gasteiger partial charge >= 0.3 is 0 Å². The summed E-state index contributed by atoms with van der Waals surface area (Å²) in [5.41, 5.74) is 0.917. The maximum absolute atomic E-state index is 13.2. The van der Waals surface area contributed by atoms with Crippen molar-refractivity contribution in [3.63, 3.8) is 0 Å². The number of aromatic nitrogens is 4. The molecule has 1 aliphatic heterocycles. The van der Waals surface area contributed by atoms with Gasteiger partial charge in [-0.3, -0.25) is 0 Å². The van der Waals surface area contributed by atoms with Crippen LogP contribution in [0.3, 0.4) is 0 Å². The molecule has 1 aromatic carbocycles. The van der Waals surface area contributed by atoms with E-state index in [-0.39, 0.29) is 11.9 Å². The fourth-order valence-electron chi connectivity index (χ4n) is 2.39. The fraction of sp³-hybridized carbons (Fsp3) is 0.308. The molecule has 0 fully saturated rings. The smallest absolute Gasteiger partial charge is 0.234 e. The summed E-state index contributed by atoms with van der Waals surface area (Å²) in [4.78, 5) is 0.769. The molecule has 4 rings (SSSR count). The van der Waals surface area contributed by atoms with Crippen LogP contribution < -0.4 is 4.74 Å². The molecule has 0 radical (unpaired) electrons. The zero-order valence-corrected chi connectivity index (χ0v) is 11.5. The number of fused-ring (bicyclic) bond motifs is 2. The highest BCUT2D eigenvalue weighted by molar-refractivity contribution is 7.16. The Hall–Kier alpha value is -2.02. The summed E-state index contributed by atoms with van der Waals surface area (Å²) in [6.45, 7) is 1.86. The Balaban J connectivity index is 1.68. The van der Waals surface area contributed by atoms with E-state index in [0.29, 0.717) is 0 Å². The fourth-order valence-corrected chi connectivity index (χ4v) is 3.34. The van der Waals surface area contributed by atoms with Crippen molar-refractivity contribution >= 4 is 16.3 Å². The van der Waals surface area contributed by atoms with Crippen LogP contribution in [0.25, 0.3) is 4.96 Å². The Morgan fingerprint density at radius 2 is 2.30 bits per heavy atom. The SMILES string of the molecule is Cc1nnc2sc(C3CCc4cc(F)ccc4O3)nn12. The van der Waals surface area contributed by atoms with Crippen molar-refractivity contribution in [3.05, 3.63) is 40.4 Å². The van der Waals surface area contributed by atoms with Crippen LogP contribution in [0.4, 0.5) is 4.39 Å². The van der Waals surface area contributed by atoms with Crippen molar-refractivity contribution in [3.8, 4) is 5.75 Å². The number of hydrogen-bond donors (Lipinski definition) is 0. The molecule has 3 heterocycles. The molecule has 3 aromatic rings. The van der Waals surface area contributed by atoms with Gasteiger partial charge in [-0.1, -0.05) is 11.3 Å². The van der Waals surface area contributed by atoms with Gasteiger partial charge in [-0.05, 0) is 43.5 Å². The van der Waals surface area contributed by atoms with E-state index >= 15 is 0 Å². The zero-order chi connectivity index (χ0) is 13.7. The zero-order valence-electron chi connectivity index (χ0n) is 10.7. The first-order valence-corrected chi connectivity index (χ1v) is 7.16. The molecule has 0 N–H and O–H groups in total.